The Labute approximate surface area is 116 Å². The molecular formula is C15H26N4. The Kier molecular flexibility index (Phi) is 5.16. The minimum Gasteiger partial charge on any atom is -0.354 e. The molecule has 0 bridgehead atoms. The Morgan fingerprint density at radius 3 is 2.63 bits per heavy atom. The van der Waals surface area contributed by atoms with Crippen LogP contribution in [0.1, 0.15) is 32.4 Å². The molecule has 1 aromatic rings. The number of nitrogens with zero attached hydrogens (tertiary/aromatic N) is 3. The molecule has 0 saturated carbocycles. The van der Waals surface area contributed by atoms with Crippen molar-refractivity contribution in [1.82, 2.24) is 15.2 Å². The number of hydrogen-bond acceptors (Lipinski definition) is 4. The SMILES string of the molecule is CCNC(C)c1ccnc(N2CCN(CC)CC2)c1. The summed E-state index contributed by atoms with van der Waals surface area (Å²) in [5.74, 6) is 1.12. The molecule has 0 amide bonds. The quantitative estimate of drug-likeness (QED) is 0.878. The van der Waals surface area contributed by atoms with Gasteiger partial charge >= 0.3 is 0 Å². The number of hydrogen-bond donors (Lipinski definition) is 1. The van der Waals surface area contributed by atoms with Crippen LogP contribution in [0.25, 0.3) is 0 Å². The Hall–Kier alpha value is -1.13. The lowest BCUT2D eigenvalue weighted by Gasteiger charge is -2.35. The molecule has 0 aromatic carbocycles. The number of likely N-dealkylation sites (N-methyl/N-ethyl adjacent to an activating group) is 1. The van der Waals surface area contributed by atoms with E-state index in [1.807, 2.05) is 6.20 Å². The highest BCUT2D eigenvalue weighted by Crippen LogP contribution is 2.19. The van der Waals surface area contributed by atoms with Crippen molar-refractivity contribution < 1.29 is 0 Å². The van der Waals surface area contributed by atoms with Gasteiger partial charge in [-0.1, -0.05) is 13.8 Å². The molecule has 0 aliphatic carbocycles. The fourth-order valence-electron chi connectivity index (χ4n) is 2.59. The van der Waals surface area contributed by atoms with Crippen molar-refractivity contribution >= 4 is 5.82 Å². The molecule has 1 saturated heterocycles. The third kappa shape index (κ3) is 3.67. The van der Waals surface area contributed by atoms with Crippen molar-refractivity contribution in [3.05, 3.63) is 23.9 Å². The van der Waals surface area contributed by atoms with Crippen LogP contribution in [0, 0.1) is 0 Å². The molecule has 0 radical (unpaired) electrons. The van der Waals surface area contributed by atoms with E-state index in [-0.39, 0.29) is 0 Å². The largest absolute Gasteiger partial charge is 0.354 e. The molecule has 2 heterocycles. The zero-order valence-corrected chi connectivity index (χ0v) is 12.4. The highest BCUT2D eigenvalue weighted by atomic mass is 15.3. The monoisotopic (exact) mass is 262 g/mol. The number of piperazine rings is 1. The Morgan fingerprint density at radius 1 is 1.26 bits per heavy atom. The second-order valence-electron chi connectivity index (χ2n) is 5.15. The zero-order chi connectivity index (χ0) is 13.7. The van der Waals surface area contributed by atoms with Crippen LogP contribution in [-0.2, 0) is 0 Å². The van der Waals surface area contributed by atoms with E-state index in [1.165, 1.54) is 5.56 Å². The van der Waals surface area contributed by atoms with Crippen LogP contribution in [-0.4, -0.2) is 49.2 Å². The average molecular weight is 262 g/mol. The van der Waals surface area contributed by atoms with Crippen molar-refractivity contribution in [2.24, 2.45) is 0 Å². The van der Waals surface area contributed by atoms with Gasteiger partial charge in [0.1, 0.15) is 5.82 Å². The maximum atomic E-state index is 4.54. The lowest BCUT2D eigenvalue weighted by Crippen LogP contribution is -2.46. The van der Waals surface area contributed by atoms with Crippen LogP contribution in [0.2, 0.25) is 0 Å². The van der Waals surface area contributed by atoms with E-state index in [0.29, 0.717) is 6.04 Å². The van der Waals surface area contributed by atoms with Crippen LogP contribution in [0.15, 0.2) is 18.3 Å². The van der Waals surface area contributed by atoms with Gasteiger partial charge in [0, 0.05) is 38.4 Å². The first-order valence-electron chi connectivity index (χ1n) is 7.41. The van der Waals surface area contributed by atoms with Gasteiger partial charge in [0.2, 0.25) is 0 Å². The Morgan fingerprint density at radius 2 is 2.00 bits per heavy atom. The predicted octanol–water partition coefficient (Wildman–Crippen LogP) is 1.89. The number of anilines is 1. The van der Waals surface area contributed by atoms with Gasteiger partial charge in [-0.05, 0) is 37.7 Å². The number of rotatable bonds is 5. The minimum atomic E-state index is 0.392. The van der Waals surface area contributed by atoms with Gasteiger partial charge in [-0.3, -0.25) is 0 Å². The van der Waals surface area contributed by atoms with Crippen LogP contribution in [0.5, 0.6) is 0 Å². The first-order chi connectivity index (χ1) is 9.24. The van der Waals surface area contributed by atoms with Gasteiger partial charge in [-0.2, -0.15) is 0 Å². The zero-order valence-electron chi connectivity index (χ0n) is 12.4. The molecule has 4 nitrogen and oxygen atoms in total. The summed E-state index contributed by atoms with van der Waals surface area (Å²) < 4.78 is 0. The fraction of sp³-hybridized carbons (Fsp3) is 0.667. The van der Waals surface area contributed by atoms with Crippen molar-refractivity contribution in [2.45, 2.75) is 26.8 Å². The number of nitrogens with one attached hydrogen (secondary N) is 1. The van der Waals surface area contributed by atoms with E-state index in [4.69, 9.17) is 0 Å². The smallest absolute Gasteiger partial charge is 0.128 e. The van der Waals surface area contributed by atoms with Gasteiger partial charge in [0.05, 0.1) is 0 Å². The lowest BCUT2D eigenvalue weighted by atomic mass is 10.1. The first kappa shape index (κ1) is 14.3. The van der Waals surface area contributed by atoms with E-state index in [9.17, 15) is 0 Å². The van der Waals surface area contributed by atoms with Crippen LogP contribution < -0.4 is 10.2 Å². The Balaban J connectivity index is 2.03. The highest BCUT2D eigenvalue weighted by molar-refractivity contribution is 5.42. The molecule has 1 fully saturated rings. The summed E-state index contributed by atoms with van der Waals surface area (Å²) in [6.07, 6.45) is 1.94. The summed E-state index contributed by atoms with van der Waals surface area (Å²) in [6.45, 7) is 13.2. The second-order valence-corrected chi connectivity index (χ2v) is 5.15. The maximum Gasteiger partial charge on any atom is 0.128 e. The summed E-state index contributed by atoms with van der Waals surface area (Å²) in [6, 6.07) is 4.73. The molecule has 1 atom stereocenters. The second kappa shape index (κ2) is 6.87. The van der Waals surface area contributed by atoms with Crippen LogP contribution in [0.3, 0.4) is 0 Å². The van der Waals surface area contributed by atoms with Crippen LogP contribution >= 0.6 is 0 Å². The first-order valence-corrected chi connectivity index (χ1v) is 7.41. The van der Waals surface area contributed by atoms with E-state index in [1.54, 1.807) is 0 Å². The molecule has 19 heavy (non-hydrogen) atoms. The molecular weight excluding hydrogens is 236 g/mol. The van der Waals surface area contributed by atoms with Gasteiger partial charge in [0.15, 0.2) is 0 Å². The number of pyridine rings is 1. The molecule has 1 unspecified atom stereocenters. The van der Waals surface area contributed by atoms with Gasteiger partial charge < -0.3 is 15.1 Å². The van der Waals surface area contributed by atoms with E-state index >= 15 is 0 Å². The third-order valence-electron chi connectivity index (χ3n) is 3.92. The molecule has 1 aliphatic rings. The lowest BCUT2D eigenvalue weighted by molar-refractivity contribution is 0.270. The predicted molar refractivity (Wildman–Crippen MR) is 80.7 cm³/mol. The van der Waals surface area contributed by atoms with Crippen molar-refractivity contribution in [2.75, 3.05) is 44.2 Å². The summed E-state index contributed by atoms with van der Waals surface area (Å²) in [4.78, 5) is 9.42. The normalized spacial score (nSPS) is 18.6. The summed E-state index contributed by atoms with van der Waals surface area (Å²) >= 11 is 0. The van der Waals surface area contributed by atoms with Crippen molar-refractivity contribution in [3.8, 4) is 0 Å². The highest BCUT2D eigenvalue weighted by Gasteiger charge is 2.17. The minimum absolute atomic E-state index is 0.392. The standard InChI is InChI=1S/C15H26N4/c1-4-16-13(3)14-6-7-17-15(12-14)19-10-8-18(5-2)9-11-19/h6-7,12-13,16H,4-5,8-11H2,1-3H3. The van der Waals surface area contributed by atoms with Gasteiger partial charge in [-0.15, -0.1) is 0 Å². The summed E-state index contributed by atoms with van der Waals surface area (Å²) in [5.41, 5.74) is 1.32. The van der Waals surface area contributed by atoms with Crippen LogP contribution in [0.4, 0.5) is 5.82 Å². The van der Waals surface area contributed by atoms with E-state index in [0.717, 1.165) is 45.1 Å². The Bertz CT molecular complexity index is 385. The third-order valence-corrected chi connectivity index (χ3v) is 3.92. The summed E-state index contributed by atoms with van der Waals surface area (Å²) in [5, 5.41) is 3.45. The van der Waals surface area contributed by atoms with Crippen molar-refractivity contribution in [3.63, 3.8) is 0 Å². The average Bonchev–Trinajstić information content (AvgIpc) is 2.48. The van der Waals surface area contributed by atoms with Crippen molar-refractivity contribution in [1.29, 1.82) is 0 Å². The maximum absolute atomic E-state index is 4.54. The molecule has 0 spiro atoms. The molecule has 1 aliphatic heterocycles. The molecule has 1 N–H and O–H groups in total. The fourth-order valence-corrected chi connectivity index (χ4v) is 2.59. The van der Waals surface area contributed by atoms with E-state index in [2.05, 4.69) is 53.0 Å². The topological polar surface area (TPSA) is 31.4 Å². The van der Waals surface area contributed by atoms with E-state index < -0.39 is 0 Å². The van der Waals surface area contributed by atoms with Gasteiger partial charge in [-0.25, -0.2) is 4.98 Å². The molecule has 1 aromatic heterocycles. The summed E-state index contributed by atoms with van der Waals surface area (Å²) in [7, 11) is 0. The molecule has 106 valence electrons. The van der Waals surface area contributed by atoms with Gasteiger partial charge in [0.25, 0.3) is 0 Å². The number of aromatic nitrogens is 1. The molecule has 4 heteroatoms. The molecule has 2 rings (SSSR count).